The van der Waals surface area contributed by atoms with Crippen LogP contribution < -0.4 is 0 Å². The Morgan fingerprint density at radius 1 is 1.04 bits per heavy atom. The molecule has 2 heterocycles. The number of hydrogen-bond donors (Lipinski definition) is 1. The average molecular weight is 333 g/mol. The third kappa shape index (κ3) is 2.15. The monoisotopic (exact) mass is 333 g/mol. The third-order valence-corrected chi connectivity index (χ3v) is 5.11. The van der Waals surface area contributed by atoms with Gasteiger partial charge in [-0.3, -0.25) is 4.79 Å². The first-order valence-electron chi connectivity index (χ1n) is 7.62. The number of aromatic nitrogens is 1. The van der Waals surface area contributed by atoms with E-state index < -0.39 is 0 Å². The fourth-order valence-corrected chi connectivity index (χ4v) is 3.96. The van der Waals surface area contributed by atoms with Gasteiger partial charge in [0.2, 0.25) is 0 Å². The lowest BCUT2D eigenvalue weighted by atomic mass is 10.1. The number of aromatic hydroxyl groups is 1. The number of benzene rings is 2. The zero-order valence-electron chi connectivity index (χ0n) is 13.1. The second-order valence-electron chi connectivity index (χ2n) is 5.72. The van der Waals surface area contributed by atoms with E-state index in [1.54, 1.807) is 23.5 Å². The van der Waals surface area contributed by atoms with E-state index in [2.05, 4.69) is 22.3 Å². The van der Waals surface area contributed by atoms with Gasteiger partial charge in [0.25, 0.3) is 0 Å². The van der Waals surface area contributed by atoms with Crippen molar-refractivity contribution in [2.75, 3.05) is 0 Å². The van der Waals surface area contributed by atoms with Gasteiger partial charge < -0.3 is 9.67 Å². The quantitative estimate of drug-likeness (QED) is 0.525. The summed E-state index contributed by atoms with van der Waals surface area (Å²) < 4.78 is 2.09. The molecule has 4 heteroatoms. The molecule has 118 valence electrons. The molecule has 4 rings (SSSR count). The molecule has 0 saturated heterocycles. The predicted octanol–water partition coefficient (Wildman–Crippen LogP) is 5.19. The lowest BCUT2D eigenvalue weighted by molar-refractivity contribution is 0.112. The number of para-hydroxylation sites is 1. The zero-order valence-corrected chi connectivity index (χ0v) is 13.9. The van der Waals surface area contributed by atoms with E-state index in [1.807, 2.05) is 36.4 Å². The Hall–Kier alpha value is -2.85. The van der Waals surface area contributed by atoms with Gasteiger partial charge in [-0.25, -0.2) is 0 Å². The molecular formula is C20H15NO2S. The van der Waals surface area contributed by atoms with Gasteiger partial charge in [-0.1, -0.05) is 18.2 Å². The van der Waals surface area contributed by atoms with Crippen LogP contribution in [0.3, 0.4) is 0 Å². The van der Waals surface area contributed by atoms with Gasteiger partial charge in [-0.2, -0.15) is 11.3 Å². The van der Waals surface area contributed by atoms with Crippen molar-refractivity contribution in [1.29, 1.82) is 0 Å². The maximum absolute atomic E-state index is 11.9. The van der Waals surface area contributed by atoms with Crippen LogP contribution in [0.2, 0.25) is 0 Å². The molecule has 0 aliphatic rings. The average Bonchev–Trinajstić information content (AvgIpc) is 3.16. The highest BCUT2D eigenvalue weighted by Crippen LogP contribution is 2.38. The highest BCUT2D eigenvalue weighted by Gasteiger charge is 2.20. The molecule has 3 nitrogen and oxygen atoms in total. The Morgan fingerprint density at radius 3 is 2.46 bits per heavy atom. The molecule has 0 radical (unpaired) electrons. The Kier molecular flexibility index (Phi) is 3.47. The molecule has 2 aromatic heterocycles. The van der Waals surface area contributed by atoms with Gasteiger partial charge in [0.1, 0.15) is 5.75 Å². The Balaban J connectivity index is 2.16. The largest absolute Gasteiger partial charge is 0.508 e. The maximum Gasteiger partial charge on any atom is 0.152 e. The molecular weight excluding hydrogens is 318 g/mol. The highest BCUT2D eigenvalue weighted by atomic mass is 32.1. The molecule has 4 aromatic rings. The molecule has 0 fully saturated rings. The van der Waals surface area contributed by atoms with Crippen molar-refractivity contribution in [2.45, 2.75) is 6.92 Å². The predicted molar refractivity (Wildman–Crippen MR) is 98.4 cm³/mol. The van der Waals surface area contributed by atoms with Gasteiger partial charge >= 0.3 is 0 Å². The lowest BCUT2D eigenvalue weighted by Gasteiger charge is -2.12. The summed E-state index contributed by atoms with van der Waals surface area (Å²) in [4.78, 5) is 11.9. The second-order valence-corrected chi connectivity index (χ2v) is 6.46. The van der Waals surface area contributed by atoms with Crippen LogP contribution in [0.25, 0.3) is 27.8 Å². The SMILES string of the molecule is Cc1cscc1-c1c(C=O)c2ccccc2n1-c1ccc(O)cc1. The van der Waals surface area contributed by atoms with E-state index in [1.165, 1.54) is 0 Å². The number of thiophene rings is 1. The van der Waals surface area contributed by atoms with E-state index in [0.29, 0.717) is 5.56 Å². The van der Waals surface area contributed by atoms with Crippen LogP contribution in [0, 0.1) is 6.92 Å². The Labute approximate surface area is 143 Å². The van der Waals surface area contributed by atoms with Crippen molar-refractivity contribution in [3.63, 3.8) is 0 Å². The summed E-state index contributed by atoms with van der Waals surface area (Å²) in [6.45, 7) is 2.05. The number of carbonyl (C=O) groups is 1. The highest BCUT2D eigenvalue weighted by molar-refractivity contribution is 7.08. The molecule has 2 aromatic carbocycles. The molecule has 0 saturated carbocycles. The lowest BCUT2D eigenvalue weighted by Crippen LogP contribution is -1.98. The molecule has 0 aliphatic heterocycles. The molecule has 0 aliphatic carbocycles. The maximum atomic E-state index is 11.9. The number of phenolic OH excluding ortho intramolecular Hbond substituents is 1. The number of hydrogen-bond acceptors (Lipinski definition) is 3. The summed E-state index contributed by atoms with van der Waals surface area (Å²) in [5.41, 5.74) is 5.69. The molecule has 0 bridgehead atoms. The van der Waals surface area contributed by atoms with Crippen LogP contribution >= 0.6 is 11.3 Å². The Bertz CT molecular complexity index is 1040. The van der Waals surface area contributed by atoms with Crippen LogP contribution in [-0.2, 0) is 0 Å². The number of aldehydes is 1. The van der Waals surface area contributed by atoms with Crippen LogP contribution in [0.1, 0.15) is 15.9 Å². The zero-order chi connectivity index (χ0) is 16.7. The summed E-state index contributed by atoms with van der Waals surface area (Å²) in [5, 5.41) is 14.7. The van der Waals surface area contributed by atoms with E-state index in [4.69, 9.17) is 0 Å². The van der Waals surface area contributed by atoms with Crippen LogP contribution in [0.4, 0.5) is 0 Å². The first-order valence-corrected chi connectivity index (χ1v) is 8.56. The number of nitrogens with zero attached hydrogens (tertiary/aromatic N) is 1. The van der Waals surface area contributed by atoms with Crippen molar-refractivity contribution >= 4 is 28.5 Å². The fourth-order valence-electron chi connectivity index (χ4n) is 3.12. The number of carbonyl (C=O) groups excluding carboxylic acids is 1. The van der Waals surface area contributed by atoms with Gasteiger partial charge in [-0.05, 0) is 48.2 Å². The van der Waals surface area contributed by atoms with E-state index in [0.717, 1.165) is 39.7 Å². The van der Waals surface area contributed by atoms with Gasteiger partial charge in [0.15, 0.2) is 6.29 Å². The van der Waals surface area contributed by atoms with Gasteiger partial charge in [-0.15, -0.1) is 0 Å². The Morgan fingerprint density at radius 2 is 1.79 bits per heavy atom. The molecule has 0 spiro atoms. The van der Waals surface area contributed by atoms with Crippen molar-refractivity contribution < 1.29 is 9.90 Å². The fraction of sp³-hybridized carbons (Fsp3) is 0.0500. The molecule has 24 heavy (non-hydrogen) atoms. The molecule has 1 N–H and O–H groups in total. The van der Waals surface area contributed by atoms with Crippen LogP contribution in [0.15, 0.2) is 59.3 Å². The van der Waals surface area contributed by atoms with Crippen LogP contribution in [0.5, 0.6) is 5.75 Å². The van der Waals surface area contributed by atoms with Gasteiger partial charge in [0.05, 0.1) is 11.2 Å². The van der Waals surface area contributed by atoms with Gasteiger partial charge in [0, 0.05) is 27.6 Å². The summed E-state index contributed by atoms with van der Waals surface area (Å²) >= 11 is 1.63. The van der Waals surface area contributed by atoms with Crippen molar-refractivity contribution in [3.05, 3.63) is 70.4 Å². The minimum atomic E-state index is 0.221. The normalized spacial score (nSPS) is 11.0. The number of aryl methyl sites for hydroxylation is 1. The third-order valence-electron chi connectivity index (χ3n) is 4.25. The van der Waals surface area contributed by atoms with E-state index in [9.17, 15) is 9.90 Å². The first kappa shape index (κ1) is 14.7. The first-order chi connectivity index (χ1) is 11.7. The minimum Gasteiger partial charge on any atom is -0.508 e. The summed E-state index contributed by atoms with van der Waals surface area (Å²) in [7, 11) is 0. The number of rotatable bonds is 3. The van der Waals surface area contributed by atoms with E-state index in [-0.39, 0.29) is 5.75 Å². The summed E-state index contributed by atoms with van der Waals surface area (Å²) in [5.74, 6) is 0.221. The smallest absolute Gasteiger partial charge is 0.152 e. The molecule has 0 amide bonds. The van der Waals surface area contributed by atoms with E-state index >= 15 is 0 Å². The molecule has 0 unspecified atom stereocenters. The van der Waals surface area contributed by atoms with Crippen LogP contribution in [-0.4, -0.2) is 16.0 Å². The van der Waals surface area contributed by atoms with Crippen molar-refractivity contribution in [3.8, 4) is 22.7 Å². The number of phenols is 1. The second kappa shape index (κ2) is 5.65. The topological polar surface area (TPSA) is 42.2 Å². The summed E-state index contributed by atoms with van der Waals surface area (Å²) in [6, 6.07) is 15.0. The van der Waals surface area contributed by atoms with Crippen molar-refractivity contribution in [1.82, 2.24) is 4.57 Å². The number of fused-ring (bicyclic) bond motifs is 1. The summed E-state index contributed by atoms with van der Waals surface area (Å²) in [6.07, 6.45) is 0.936. The van der Waals surface area contributed by atoms with Crippen molar-refractivity contribution in [2.24, 2.45) is 0 Å². The molecule has 0 atom stereocenters. The minimum absolute atomic E-state index is 0.221. The standard InChI is InChI=1S/C20H15NO2S/c1-13-11-24-12-18(13)20-17(10-22)16-4-2-3-5-19(16)21(20)14-6-8-15(23)9-7-14/h2-12,23H,1H3.